The molecule has 1 heterocycles. The lowest BCUT2D eigenvalue weighted by Gasteiger charge is -2.13. The van der Waals surface area contributed by atoms with Crippen LogP contribution in [-0.4, -0.2) is 15.9 Å². The second-order valence-electron chi connectivity index (χ2n) is 6.12. The molecule has 26 heavy (non-hydrogen) atoms. The number of anilines is 3. The first kappa shape index (κ1) is 17.9. The van der Waals surface area contributed by atoms with E-state index in [0.717, 1.165) is 5.69 Å². The number of hydrogen-bond acceptors (Lipinski definition) is 4. The van der Waals surface area contributed by atoms with Gasteiger partial charge in [-0.3, -0.25) is 4.79 Å². The molecule has 0 spiro atoms. The van der Waals surface area contributed by atoms with E-state index in [-0.39, 0.29) is 5.91 Å². The Morgan fingerprint density at radius 2 is 1.65 bits per heavy atom. The van der Waals surface area contributed by atoms with E-state index in [2.05, 4.69) is 40.5 Å². The molecule has 5 nitrogen and oxygen atoms in total. The first-order valence-corrected chi connectivity index (χ1v) is 8.65. The van der Waals surface area contributed by atoms with Crippen LogP contribution in [0, 0.1) is 0 Å². The summed E-state index contributed by atoms with van der Waals surface area (Å²) in [4.78, 5) is 20.8. The zero-order valence-corrected chi connectivity index (χ0v) is 15.3. The van der Waals surface area contributed by atoms with Crippen molar-refractivity contribution in [1.82, 2.24) is 9.97 Å². The van der Waals surface area contributed by atoms with Gasteiger partial charge in [0.15, 0.2) is 0 Å². The normalized spacial score (nSPS) is 10.6. The molecule has 1 aromatic heterocycles. The van der Waals surface area contributed by atoms with Gasteiger partial charge in [-0.2, -0.15) is 0 Å². The molecule has 0 atom stereocenters. The third-order valence-corrected chi connectivity index (χ3v) is 4.10. The highest BCUT2D eigenvalue weighted by Gasteiger charge is 2.10. The monoisotopic (exact) mass is 366 g/mol. The van der Waals surface area contributed by atoms with Crippen LogP contribution in [0.25, 0.3) is 0 Å². The maximum atomic E-state index is 12.3. The van der Waals surface area contributed by atoms with Crippen LogP contribution in [0.15, 0.2) is 60.9 Å². The largest absolute Gasteiger partial charge is 0.324 e. The first-order chi connectivity index (χ1) is 12.5. The second-order valence-corrected chi connectivity index (χ2v) is 6.56. The van der Waals surface area contributed by atoms with Crippen molar-refractivity contribution < 1.29 is 4.79 Å². The zero-order valence-electron chi connectivity index (χ0n) is 14.5. The van der Waals surface area contributed by atoms with Gasteiger partial charge in [0.25, 0.3) is 5.91 Å². The fourth-order valence-electron chi connectivity index (χ4n) is 2.48. The number of carbonyl (C=O) groups excluding carboxylic acids is 1. The summed E-state index contributed by atoms with van der Waals surface area (Å²) in [5.41, 5.74) is 3.18. The fourth-order valence-corrected chi connectivity index (χ4v) is 2.61. The van der Waals surface area contributed by atoms with Crippen molar-refractivity contribution in [1.29, 1.82) is 0 Å². The number of nitrogens with zero attached hydrogens (tertiary/aromatic N) is 2. The standard InChI is InChI=1S/C20H19ClN4O/c1-13(2)17-5-3-4-6-18(17)25-20-22-11-14(12-23-20)19(26)24-16-9-7-15(21)8-10-16/h3-13H,1-2H3,(H,24,26)(H,22,23,25). The van der Waals surface area contributed by atoms with E-state index in [0.29, 0.717) is 28.1 Å². The van der Waals surface area contributed by atoms with E-state index in [4.69, 9.17) is 11.6 Å². The summed E-state index contributed by atoms with van der Waals surface area (Å²) in [6.07, 6.45) is 3.00. The number of carbonyl (C=O) groups is 1. The molecule has 132 valence electrons. The van der Waals surface area contributed by atoms with Gasteiger partial charge in [-0.25, -0.2) is 9.97 Å². The Bertz CT molecular complexity index is 892. The molecule has 0 saturated carbocycles. The minimum absolute atomic E-state index is 0.276. The van der Waals surface area contributed by atoms with Crippen LogP contribution in [0.1, 0.15) is 35.7 Å². The van der Waals surface area contributed by atoms with Crippen LogP contribution >= 0.6 is 11.6 Å². The van der Waals surface area contributed by atoms with Crippen molar-refractivity contribution in [2.75, 3.05) is 10.6 Å². The van der Waals surface area contributed by atoms with Crippen LogP contribution in [0.2, 0.25) is 5.02 Å². The lowest BCUT2D eigenvalue weighted by molar-refractivity contribution is 0.102. The van der Waals surface area contributed by atoms with Crippen LogP contribution in [0.3, 0.4) is 0 Å². The summed E-state index contributed by atoms with van der Waals surface area (Å²) in [6, 6.07) is 14.9. The molecule has 6 heteroatoms. The summed E-state index contributed by atoms with van der Waals surface area (Å²) in [5, 5.41) is 6.60. The molecular formula is C20H19ClN4O. The van der Waals surface area contributed by atoms with Crippen LogP contribution in [0.4, 0.5) is 17.3 Å². The Kier molecular flexibility index (Phi) is 5.49. The SMILES string of the molecule is CC(C)c1ccccc1Nc1ncc(C(=O)Nc2ccc(Cl)cc2)cn1. The van der Waals surface area contributed by atoms with Crippen LogP contribution in [0.5, 0.6) is 0 Å². The van der Waals surface area contributed by atoms with E-state index >= 15 is 0 Å². The van der Waals surface area contributed by atoms with Crippen molar-refractivity contribution in [2.24, 2.45) is 0 Å². The van der Waals surface area contributed by atoms with Crippen molar-refractivity contribution >= 4 is 34.8 Å². The molecule has 3 aromatic rings. The lowest BCUT2D eigenvalue weighted by atomic mass is 10.0. The van der Waals surface area contributed by atoms with Crippen molar-refractivity contribution in [3.05, 3.63) is 77.1 Å². The fraction of sp³-hybridized carbons (Fsp3) is 0.150. The summed E-state index contributed by atoms with van der Waals surface area (Å²) in [5.74, 6) is 0.547. The molecule has 0 radical (unpaired) electrons. The van der Waals surface area contributed by atoms with Gasteiger partial charge in [0.2, 0.25) is 5.95 Å². The highest BCUT2D eigenvalue weighted by molar-refractivity contribution is 6.30. The van der Waals surface area contributed by atoms with Crippen molar-refractivity contribution in [3.8, 4) is 0 Å². The summed E-state index contributed by atoms with van der Waals surface area (Å²) in [6.45, 7) is 4.26. The molecule has 0 unspecified atom stereocenters. The molecule has 3 rings (SSSR count). The van der Waals surface area contributed by atoms with E-state index in [9.17, 15) is 4.79 Å². The Morgan fingerprint density at radius 3 is 2.31 bits per heavy atom. The first-order valence-electron chi connectivity index (χ1n) is 8.28. The van der Waals surface area contributed by atoms with Gasteiger partial charge in [0, 0.05) is 28.8 Å². The van der Waals surface area contributed by atoms with E-state index in [1.54, 1.807) is 24.3 Å². The topological polar surface area (TPSA) is 66.9 Å². The van der Waals surface area contributed by atoms with Gasteiger partial charge in [-0.05, 0) is 41.8 Å². The quantitative estimate of drug-likeness (QED) is 0.647. The Hall–Kier alpha value is -2.92. The predicted molar refractivity (Wildman–Crippen MR) is 105 cm³/mol. The maximum absolute atomic E-state index is 12.3. The zero-order chi connectivity index (χ0) is 18.5. The van der Waals surface area contributed by atoms with E-state index in [1.165, 1.54) is 18.0 Å². The van der Waals surface area contributed by atoms with Gasteiger partial charge >= 0.3 is 0 Å². The highest BCUT2D eigenvalue weighted by atomic mass is 35.5. The minimum atomic E-state index is -0.276. The van der Waals surface area contributed by atoms with Crippen molar-refractivity contribution in [2.45, 2.75) is 19.8 Å². The lowest BCUT2D eigenvalue weighted by Crippen LogP contribution is -2.13. The number of halogens is 1. The van der Waals surface area contributed by atoms with Gasteiger partial charge in [-0.1, -0.05) is 43.6 Å². The molecular weight excluding hydrogens is 348 g/mol. The average Bonchev–Trinajstić information content (AvgIpc) is 2.64. The van der Waals surface area contributed by atoms with Crippen LogP contribution < -0.4 is 10.6 Å². The number of amides is 1. The van der Waals surface area contributed by atoms with Crippen LogP contribution in [-0.2, 0) is 0 Å². The summed E-state index contributed by atoms with van der Waals surface area (Å²) < 4.78 is 0. The van der Waals surface area contributed by atoms with E-state index in [1.807, 2.05) is 18.2 Å². The number of rotatable bonds is 5. The Balaban J connectivity index is 1.70. The molecule has 0 aliphatic carbocycles. The number of hydrogen-bond donors (Lipinski definition) is 2. The molecule has 0 saturated heterocycles. The van der Waals surface area contributed by atoms with E-state index < -0.39 is 0 Å². The highest BCUT2D eigenvalue weighted by Crippen LogP contribution is 2.25. The number of nitrogens with one attached hydrogen (secondary N) is 2. The number of benzene rings is 2. The molecule has 1 amide bonds. The van der Waals surface area contributed by atoms with Gasteiger partial charge in [-0.15, -0.1) is 0 Å². The molecule has 0 aliphatic rings. The van der Waals surface area contributed by atoms with Crippen molar-refractivity contribution in [3.63, 3.8) is 0 Å². The summed E-state index contributed by atoms with van der Waals surface area (Å²) >= 11 is 5.84. The van der Waals surface area contributed by atoms with Gasteiger partial charge in [0.05, 0.1) is 5.56 Å². The minimum Gasteiger partial charge on any atom is -0.324 e. The molecule has 0 bridgehead atoms. The smallest absolute Gasteiger partial charge is 0.258 e. The molecule has 2 N–H and O–H groups in total. The third-order valence-electron chi connectivity index (χ3n) is 3.85. The number of para-hydroxylation sites is 1. The average molecular weight is 367 g/mol. The molecule has 2 aromatic carbocycles. The number of aromatic nitrogens is 2. The predicted octanol–water partition coefficient (Wildman–Crippen LogP) is 5.25. The third kappa shape index (κ3) is 4.37. The Labute approximate surface area is 157 Å². The summed E-state index contributed by atoms with van der Waals surface area (Å²) in [7, 11) is 0. The second kappa shape index (κ2) is 7.97. The molecule has 0 aliphatic heterocycles. The Morgan fingerprint density at radius 1 is 1.00 bits per heavy atom. The van der Waals surface area contributed by atoms with Gasteiger partial charge in [0.1, 0.15) is 0 Å². The molecule has 0 fully saturated rings. The van der Waals surface area contributed by atoms with Gasteiger partial charge < -0.3 is 10.6 Å². The maximum Gasteiger partial charge on any atom is 0.258 e.